The second-order valence-corrected chi connectivity index (χ2v) is 6.46. The minimum atomic E-state index is -3.22. The molecule has 0 atom stereocenters. The van der Waals surface area contributed by atoms with Crippen LogP contribution in [-0.2, 0) is 16.6 Å². The zero-order valence-electron chi connectivity index (χ0n) is 11.1. The van der Waals surface area contributed by atoms with Crippen molar-refractivity contribution in [2.24, 2.45) is 0 Å². The number of hydrogen-bond donors (Lipinski definition) is 3. The molecular weight excluding hydrogens is 278 g/mol. The molecule has 108 valence electrons. The van der Waals surface area contributed by atoms with Gasteiger partial charge in [-0.2, -0.15) is 0 Å². The van der Waals surface area contributed by atoms with Crippen molar-refractivity contribution in [2.75, 3.05) is 19.3 Å². The third-order valence-corrected chi connectivity index (χ3v) is 4.37. The molecule has 0 bridgehead atoms. The quantitative estimate of drug-likeness (QED) is 0.662. The van der Waals surface area contributed by atoms with Crippen LogP contribution < -0.4 is 15.6 Å². The first kappa shape index (κ1) is 14.7. The van der Waals surface area contributed by atoms with Crippen LogP contribution in [0.1, 0.15) is 5.56 Å². The Morgan fingerprint density at radius 2 is 2.00 bits per heavy atom. The molecule has 1 heterocycles. The van der Waals surface area contributed by atoms with Gasteiger partial charge in [-0.1, -0.05) is 18.2 Å². The number of hydrogen-bond acceptors (Lipinski definition) is 4. The Kier molecular flexibility index (Phi) is 4.53. The molecule has 6 nitrogen and oxygen atoms in total. The molecule has 2 aromatic rings. The molecule has 0 saturated carbocycles. The molecule has 0 aliphatic heterocycles. The lowest BCUT2D eigenvalue weighted by Crippen LogP contribution is -2.30. The summed E-state index contributed by atoms with van der Waals surface area (Å²) in [6.07, 6.45) is 0. The molecule has 1 aromatic carbocycles. The van der Waals surface area contributed by atoms with E-state index in [1.54, 1.807) is 0 Å². The van der Waals surface area contributed by atoms with Crippen molar-refractivity contribution in [3.8, 4) is 0 Å². The summed E-state index contributed by atoms with van der Waals surface area (Å²) < 4.78 is 24.7. The zero-order chi connectivity index (χ0) is 14.6. The molecule has 0 spiro atoms. The summed E-state index contributed by atoms with van der Waals surface area (Å²) in [5.41, 5.74) is 1.22. The van der Waals surface area contributed by atoms with E-state index < -0.39 is 10.0 Å². The van der Waals surface area contributed by atoms with Gasteiger partial charge in [0.1, 0.15) is 0 Å². The van der Waals surface area contributed by atoms with E-state index in [0.29, 0.717) is 12.1 Å². The molecule has 7 heteroatoms. The highest BCUT2D eigenvalue weighted by atomic mass is 32.2. The van der Waals surface area contributed by atoms with Crippen LogP contribution in [0.2, 0.25) is 0 Å². The van der Waals surface area contributed by atoms with E-state index in [1.807, 2.05) is 30.3 Å². The highest BCUT2D eigenvalue weighted by Crippen LogP contribution is 2.09. The van der Waals surface area contributed by atoms with Crippen molar-refractivity contribution >= 4 is 20.9 Å². The second kappa shape index (κ2) is 6.17. The van der Waals surface area contributed by atoms with Gasteiger partial charge >= 0.3 is 0 Å². The topological polar surface area (TPSA) is 91.1 Å². The molecule has 0 aliphatic rings. The lowest BCUT2D eigenvalue weighted by Gasteiger charge is -2.06. The van der Waals surface area contributed by atoms with Gasteiger partial charge in [0, 0.05) is 24.2 Å². The van der Waals surface area contributed by atoms with Crippen LogP contribution in [0.3, 0.4) is 0 Å². The minimum Gasteiger partial charge on any atom is -0.322 e. The van der Waals surface area contributed by atoms with Gasteiger partial charge in [0.05, 0.1) is 5.75 Å². The number of H-pyrrole nitrogens is 1. The number of nitrogens with one attached hydrogen (secondary N) is 3. The summed E-state index contributed by atoms with van der Waals surface area (Å²) in [6.45, 7) is 0.620. The second-order valence-electron chi connectivity index (χ2n) is 4.41. The molecule has 1 aromatic heterocycles. The number of rotatable bonds is 6. The molecule has 0 saturated heterocycles. The van der Waals surface area contributed by atoms with Gasteiger partial charge in [-0.25, -0.2) is 13.1 Å². The number of aromatic nitrogens is 1. The van der Waals surface area contributed by atoms with E-state index in [-0.39, 0.29) is 17.9 Å². The molecule has 0 radical (unpaired) electrons. The average molecular weight is 295 g/mol. The molecule has 20 heavy (non-hydrogen) atoms. The summed E-state index contributed by atoms with van der Waals surface area (Å²) in [6, 6.07) is 9.33. The van der Waals surface area contributed by atoms with Crippen molar-refractivity contribution in [1.82, 2.24) is 15.0 Å². The fourth-order valence-electron chi connectivity index (χ4n) is 1.86. The first-order valence-corrected chi connectivity index (χ1v) is 7.90. The standard InChI is InChI=1S/C13H17N3O3S/c1-14-20(18,19)7-6-15-9-11-8-10-4-2-3-5-12(10)16-13(11)17/h2-5,8,14-15H,6-7,9H2,1H3,(H,16,17). The maximum atomic E-state index is 11.9. The Balaban J connectivity index is 2.03. The fraction of sp³-hybridized carbons (Fsp3) is 0.308. The van der Waals surface area contributed by atoms with Gasteiger partial charge in [0.15, 0.2) is 0 Å². The Labute approximate surface area is 117 Å². The van der Waals surface area contributed by atoms with Crippen molar-refractivity contribution in [1.29, 1.82) is 0 Å². The van der Waals surface area contributed by atoms with E-state index in [4.69, 9.17) is 0 Å². The number of fused-ring (bicyclic) bond motifs is 1. The molecule has 0 amide bonds. The van der Waals surface area contributed by atoms with Gasteiger partial charge < -0.3 is 10.3 Å². The van der Waals surface area contributed by atoms with Crippen molar-refractivity contribution < 1.29 is 8.42 Å². The first-order valence-electron chi connectivity index (χ1n) is 6.25. The molecule has 0 fully saturated rings. The van der Waals surface area contributed by atoms with E-state index in [1.165, 1.54) is 7.05 Å². The van der Waals surface area contributed by atoms with Crippen LogP contribution in [0, 0.1) is 0 Å². The van der Waals surface area contributed by atoms with Gasteiger partial charge in [0.2, 0.25) is 10.0 Å². The summed E-state index contributed by atoms with van der Waals surface area (Å²) in [4.78, 5) is 14.7. The van der Waals surface area contributed by atoms with E-state index in [2.05, 4.69) is 15.0 Å². The van der Waals surface area contributed by atoms with Crippen molar-refractivity contribution in [3.05, 3.63) is 46.2 Å². The summed E-state index contributed by atoms with van der Waals surface area (Å²) in [7, 11) is -1.84. The summed E-state index contributed by atoms with van der Waals surface area (Å²) in [5, 5.41) is 3.91. The number of para-hydroxylation sites is 1. The van der Waals surface area contributed by atoms with Gasteiger partial charge in [-0.15, -0.1) is 0 Å². The van der Waals surface area contributed by atoms with Crippen molar-refractivity contribution in [2.45, 2.75) is 6.54 Å². The Morgan fingerprint density at radius 1 is 1.25 bits per heavy atom. The third kappa shape index (κ3) is 3.66. The molecule has 0 aliphatic carbocycles. The van der Waals surface area contributed by atoms with Crippen LogP contribution >= 0.6 is 0 Å². The summed E-state index contributed by atoms with van der Waals surface area (Å²) in [5.74, 6) is -0.0189. The molecule has 2 rings (SSSR count). The Morgan fingerprint density at radius 3 is 2.75 bits per heavy atom. The Bertz CT molecular complexity index is 753. The smallest absolute Gasteiger partial charge is 0.252 e. The number of pyridine rings is 1. The molecule has 0 unspecified atom stereocenters. The lowest BCUT2D eigenvalue weighted by molar-refractivity contribution is 0.583. The normalized spacial score (nSPS) is 11.8. The molecular formula is C13H17N3O3S. The molecule has 3 N–H and O–H groups in total. The Hall–Kier alpha value is -1.70. The monoisotopic (exact) mass is 295 g/mol. The SMILES string of the molecule is CNS(=O)(=O)CCNCc1cc2ccccc2[nH]c1=O. The fourth-order valence-corrected chi connectivity index (χ4v) is 2.47. The zero-order valence-corrected chi connectivity index (χ0v) is 12.0. The third-order valence-electron chi connectivity index (χ3n) is 3.00. The van der Waals surface area contributed by atoms with Crippen LogP contribution in [0.15, 0.2) is 35.1 Å². The lowest BCUT2D eigenvalue weighted by atomic mass is 10.1. The number of sulfonamides is 1. The van der Waals surface area contributed by atoms with E-state index in [0.717, 1.165) is 10.9 Å². The van der Waals surface area contributed by atoms with Crippen LogP contribution in [-0.4, -0.2) is 32.7 Å². The van der Waals surface area contributed by atoms with E-state index in [9.17, 15) is 13.2 Å². The minimum absolute atomic E-state index is 0.0189. The highest BCUT2D eigenvalue weighted by Gasteiger charge is 2.06. The predicted molar refractivity (Wildman–Crippen MR) is 79.1 cm³/mol. The maximum Gasteiger partial charge on any atom is 0.252 e. The number of benzene rings is 1. The summed E-state index contributed by atoms with van der Waals surface area (Å²) >= 11 is 0. The van der Waals surface area contributed by atoms with E-state index >= 15 is 0 Å². The van der Waals surface area contributed by atoms with Gasteiger partial charge in [-0.3, -0.25) is 4.79 Å². The van der Waals surface area contributed by atoms with Crippen molar-refractivity contribution in [3.63, 3.8) is 0 Å². The first-order chi connectivity index (χ1) is 9.52. The van der Waals surface area contributed by atoms with Gasteiger partial charge in [0.25, 0.3) is 5.56 Å². The van der Waals surface area contributed by atoms with Crippen LogP contribution in [0.25, 0.3) is 10.9 Å². The largest absolute Gasteiger partial charge is 0.322 e. The van der Waals surface area contributed by atoms with Crippen LogP contribution in [0.5, 0.6) is 0 Å². The maximum absolute atomic E-state index is 11.9. The van der Waals surface area contributed by atoms with Gasteiger partial charge in [-0.05, 0) is 24.6 Å². The highest BCUT2D eigenvalue weighted by molar-refractivity contribution is 7.89. The average Bonchev–Trinajstić information content (AvgIpc) is 2.44. The van der Waals surface area contributed by atoms with Crippen LogP contribution in [0.4, 0.5) is 0 Å². The number of aromatic amines is 1. The predicted octanol–water partition coefficient (Wildman–Crippen LogP) is 0.167.